The van der Waals surface area contributed by atoms with E-state index in [0.29, 0.717) is 22.8 Å². The van der Waals surface area contributed by atoms with Crippen molar-refractivity contribution in [3.05, 3.63) is 71.0 Å². The fourth-order valence-electron chi connectivity index (χ4n) is 2.44. The Morgan fingerprint density at radius 2 is 1.96 bits per heavy atom. The van der Waals surface area contributed by atoms with E-state index in [9.17, 15) is 9.18 Å². The molecule has 0 radical (unpaired) electrons. The number of halogens is 1. The molecule has 0 spiro atoms. The van der Waals surface area contributed by atoms with Gasteiger partial charge < -0.3 is 14.2 Å². The molecule has 1 heterocycles. The maximum Gasteiger partial charge on any atom is 0.331 e. The molecule has 2 aromatic carbocycles. The molecule has 0 saturated heterocycles. The molecule has 0 saturated carbocycles. The highest BCUT2D eigenvalue weighted by atomic mass is 32.1. The minimum absolute atomic E-state index is 0.0517. The van der Waals surface area contributed by atoms with Gasteiger partial charge in [-0.15, -0.1) is 11.3 Å². The van der Waals surface area contributed by atoms with Crippen molar-refractivity contribution in [1.29, 1.82) is 0 Å². The third kappa shape index (κ3) is 4.95. The van der Waals surface area contributed by atoms with Crippen molar-refractivity contribution in [3.8, 4) is 22.1 Å². The van der Waals surface area contributed by atoms with Crippen molar-refractivity contribution in [2.75, 3.05) is 14.2 Å². The fourth-order valence-corrected chi connectivity index (χ4v) is 3.24. The zero-order valence-electron chi connectivity index (χ0n) is 15.3. The summed E-state index contributed by atoms with van der Waals surface area (Å²) in [6, 6.07) is 11.5. The Morgan fingerprint density at radius 1 is 1.14 bits per heavy atom. The van der Waals surface area contributed by atoms with E-state index in [4.69, 9.17) is 14.2 Å². The number of ether oxygens (including phenoxy) is 3. The van der Waals surface area contributed by atoms with Gasteiger partial charge in [0.05, 0.1) is 19.9 Å². The van der Waals surface area contributed by atoms with Crippen molar-refractivity contribution >= 4 is 23.4 Å². The molecule has 0 fully saturated rings. The molecule has 5 nitrogen and oxygen atoms in total. The average Bonchev–Trinajstić information content (AvgIpc) is 3.19. The lowest BCUT2D eigenvalue weighted by atomic mass is 10.2. The molecule has 0 unspecified atom stereocenters. The van der Waals surface area contributed by atoms with Crippen LogP contribution in [0.2, 0.25) is 0 Å². The molecule has 28 heavy (non-hydrogen) atoms. The number of methoxy groups -OCH3 is 2. The summed E-state index contributed by atoms with van der Waals surface area (Å²) in [6.07, 6.45) is 2.76. The Bertz CT molecular complexity index is 1000. The van der Waals surface area contributed by atoms with E-state index in [0.717, 1.165) is 10.6 Å². The first kappa shape index (κ1) is 19.6. The van der Waals surface area contributed by atoms with Crippen LogP contribution in [0.4, 0.5) is 4.39 Å². The molecule has 0 bridgehead atoms. The van der Waals surface area contributed by atoms with Gasteiger partial charge in [0, 0.05) is 17.0 Å². The van der Waals surface area contributed by atoms with Crippen molar-refractivity contribution in [1.82, 2.24) is 4.98 Å². The number of esters is 1. The van der Waals surface area contributed by atoms with Gasteiger partial charge in [-0.25, -0.2) is 14.2 Å². The van der Waals surface area contributed by atoms with Crippen molar-refractivity contribution < 1.29 is 23.4 Å². The molecule has 0 aliphatic rings. The van der Waals surface area contributed by atoms with Gasteiger partial charge in [0.2, 0.25) is 0 Å². The second-order valence-electron chi connectivity index (χ2n) is 5.71. The summed E-state index contributed by atoms with van der Waals surface area (Å²) in [7, 11) is 3.15. The average molecular weight is 399 g/mol. The van der Waals surface area contributed by atoms with Gasteiger partial charge in [-0.3, -0.25) is 0 Å². The van der Waals surface area contributed by atoms with Crippen molar-refractivity contribution in [2.24, 2.45) is 0 Å². The SMILES string of the molecule is COc1ccc(-c2nc(COC(=O)/C=C/c3cccc(F)c3)cs2)cc1OC. The quantitative estimate of drug-likeness (QED) is 0.425. The third-order valence-corrected chi connectivity index (χ3v) is 4.75. The van der Waals surface area contributed by atoms with Gasteiger partial charge in [-0.2, -0.15) is 0 Å². The van der Waals surface area contributed by atoms with E-state index in [1.165, 1.54) is 35.6 Å². The molecule has 0 amide bonds. The lowest BCUT2D eigenvalue weighted by Crippen LogP contribution is -2.01. The van der Waals surface area contributed by atoms with Gasteiger partial charge in [0.15, 0.2) is 11.5 Å². The van der Waals surface area contributed by atoms with Gasteiger partial charge in [-0.05, 0) is 42.0 Å². The second-order valence-corrected chi connectivity index (χ2v) is 6.57. The first-order chi connectivity index (χ1) is 13.6. The third-order valence-electron chi connectivity index (χ3n) is 3.81. The summed E-state index contributed by atoms with van der Waals surface area (Å²) in [5.41, 5.74) is 2.11. The summed E-state index contributed by atoms with van der Waals surface area (Å²) in [6.45, 7) is 0.0517. The molecule has 0 aliphatic carbocycles. The van der Waals surface area contributed by atoms with E-state index in [2.05, 4.69) is 4.98 Å². The number of hydrogen-bond acceptors (Lipinski definition) is 6. The van der Waals surface area contributed by atoms with Crippen LogP contribution in [0.25, 0.3) is 16.6 Å². The van der Waals surface area contributed by atoms with Gasteiger partial charge >= 0.3 is 5.97 Å². The maximum absolute atomic E-state index is 13.1. The standard InChI is InChI=1S/C21H18FNO4S/c1-25-18-8-7-15(11-19(18)26-2)21-23-17(13-28-21)12-27-20(24)9-6-14-4-3-5-16(22)10-14/h3-11,13H,12H2,1-2H3/b9-6+. The number of rotatable bonds is 7. The zero-order chi connectivity index (χ0) is 19.9. The first-order valence-electron chi connectivity index (χ1n) is 8.36. The monoisotopic (exact) mass is 399 g/mol. The topological polar surface area (TPSA) is 57.7 Å². The molecule has 0 atom stereocenters. The van der Waals surface area contributed by atoms with Crippen LogP contribution in [0.5, 0.6) is 11.5 Å². The van der Waals surface area contributed by atoms with E-state index in [1.54, 1.807) is 26.4 Å². The lowest BCUT2D eigenvalue weighted by molar-refractivity contribution is -0.139. The van der Waals surface area contributed by atoms with Gasteiger partial charge in [0.1, 0.15) is 17.4 Å². The minimum Gasteiger partial charge on any atom is -0.493 e. The smallest absolute Gasteiger partial charge is 0.331 e. The van der Waals surface area contributed by atoms with Crippen LogP contribution in [0.1, 0.15) is 11.3 Å². The van der Waals surface area contributed by atoms with Crippen molar-refractivity contribution in [3.63, 3.8) is 0 Å². The summed E-state index contributed by atoms with van der Waals surface area (Å²) in [4.78, 5) is 16.3. The Hall–Kier alpha value is -3.19. The Labute approximate surface area is 166 Å². The first-order valence-corrected chi connectivity index (χ1v) is 9.24. The number of carbonyl (C=O) groups is 1. The molecule has 3 rings (SSSR count). The summed E-state index contributed by atoms with van der Waals surface area (Å²) < 4.78 is 28.9. The van der Waals surface area contributed by atoms with Crippen LogP contribution in [0, 0.1) is 5.82 Å². The Kier molecular flexibility index (Phi) is 6.39. The molecular weight excluding hydrogens is 381 g/mol. The van der Waals surface area contributed by atoms with E-state index in [-0.39, 0.29) is 12.4 Å². The lowest BCUT2D eigenvalue weighted by Gasteiger charge is -2.08. The molecular formula is C21H18FNO4S. The van der Waals surface area contributed by atoms with E-state index < -0.39 is 5.97 Å². The largest absolute Gasteiger partial charge is 0.493 e. The number of benzene rings is 2. The predicted octanol–water partition coefficient (Wildman–Crippen LogP) is 4.72. The molecule has 1 aromatic heterocycles. The number of aromatic nitrogens is 1. The van der Waals surface area contributed by atoms with Crippen LogP contribution < -0.4 is 9.47 Å². The van der Waals surface area contributed by atoms with Crippen LogP contribution in [-0.2, 0) is 16.1 Å². The summed E-state index contributed by atoms with van der Waals surface area (Å²) in [5.74, 6) is 0.373. The predicted molar refractivity (Wildman–Crippen MR) is 106 cm³/mol. The van der Waals surface area contributed by atoms with Crippen LogP contribution >= 0.6 is 11.3 Å². The number of nitrogens with zero attached hydrogens (tertiary/aromatic N) is 1. The zero-order valence-corrected chi connectivity index (χ0v) is 16.2. The van der Waals surface area contributed by atoms with Crippen LogP contribution in [0.15, 0.2) is 53.9 Å². The molecule has 7 heteroatoms. The number of hydrogen-bond donors (Lipinski definition) is 0. The highest BCUT2D eigenvalue weighted by molar-refractivity contribution is 7.13. The summed E-state index contributed by atoms with van der Waals surface area (Å²) >= 11 is 1.44. The highest BCUT2D eigenvalue weighted by Gasteiger charge is 2.10. The molecule has 3 aromatic rings. The molecule has 144 valence electrons. The Balaban J connectivity index is 1.61. The highest BCUT2D eigenvalue weighted by Crippen LogP contribution is 2.33. The minimum atomic E-state index is -0.523. The van der Waals surface area contributed by atoms with E-state index >= 15 is 0 Å². The van der Waals surface area contributed by atoms with Crippen LogP contribution in [-0.4, -0.2) is 25.2 Å². The number of carbonyl (C=O) groups excluding carboxylic acids is 1. The normalized spacial score (nSPS) is 10.8. The molecule has 0 aliphatic heterocycles. The van der Waals surface area contributed by atoms with Gasteiger partial charge in [-0.1, -0.05) is 12.1 Å². The Morgan fingerprint density at radius 3 is 2.71 bits per heavy atom. The van der Waals surface area contributed by atoms with Gasteiger partial charge in [0.25, 0.3) is 0 Å². The summed E-state index contributed by atoms with van der Waals surface area (Å²) in [5, 5.41) is 2.61. The second kappa shape index (κ2) is 9.14. The van der Waals surface area contributed by atoms with Crippen LogP contribution in [0.3, 0.4) is 0 Å². The number of thiazole rings is 1. The molecule has 0 N–H and O–H groups in total. The fraction of sp³-hybridized carbons (Fsp3) is 0.143. The van der Waals surface area contributed by atoms with Crippen molar-refractivity contribution in [2.45, 2.75) is 6.61 Å². The van der Waals surface area contributed by atoms with E-state index in [1.807, 2.05) is 23.6 Å². The maximum atomic E-state index is 13.1.